The predicted octanol–water partition coefficient (Wildman–Crippen LogP) is 2.80. The molecule has 0 aliphatic carbocycles. The Balaban J connectivity index is 2.30. The highest BCUT2D eigenvalue weighted by atomic mass is 79.9. The average molecular weight is 282 g/mol. The van der Waals surface area contributed by atoms with Crippen molar-refractivity contribution in [2.24, 2.45) is 0 Å². The third-order valence-electron chi connectivity index (χ3n) is 2.21. The van der Waals surface area contributed by atoms with Gasteiger partial charge in [-0.15, -0.1) is 0 Å². The van der Waals surface area contributed by atoms with Gasteiger partial charge in [-0.1, -0.05) is 12.1 Å². The van der Waals surface area contributed by atoms with Gasteiger partial charge >= 0.3 is 0 Å². The van der Waals surface area contributed by atoms with Crippen molar-refractivity contribution in [3.63, 3.8) is 0 Å². The minimum Gasteiger partial charge on any atom is -0.310 e. The summed E-state index contributed by atoms with van der Waals surface area (Å²) in [4.78, 5) is 11.5. The summed E-state index contributed by atoms with van der Waals surface area (Å²) in [5.41, 5.74) is 0.814. The summed E-state index contributed by atoms with van der Waals surface area (Å²) in [6.45, 7) is 0.443. The summed E-state index contributed by atoms with van der Waals surface area (Å²) in [6.07, 6.45) is 1.71. The summed E-state index contributed by atoms with van der Waals surface area (Å²) in [5.74, 6) is -0.273. The molecule has 4 heteroatoms. The zero-order valence-electron chi connectivity index (χ0n) is 8.36. The van der Waals surface area contributed by atoms with Crippen molar-refractivity contribution in [3.05, 3.63) is 68.8 Å². The molecule has 0 atom stereocenters. The molecule has 0 saturated carbocycles. The second-order valence-corrected chi connectivity index (χ2v) is 4.36. The number of nitrogens with zero attached hydrogens (tertiary/aromatic N) is 1. The van der Waals surface area contributed by atoms with Crippen molar-refractivity contribution in [2.45, 2.75) is 6.54 Å². The molecule has 0 unspecified atom stereocenters. The zero-order valence-corrected chi connectivity index (χ0v) is 9.95. The van der Waals surface area contributed by atoms with Crippen molar-refractivity contribution in [1.82, 2.24) is 4.57 Å². The molecule has 1 heterocycles. The van der Waals surface area contributed by atoms with Gasteiger partial charge in [0.1, 0.15) is 5.82 Å². The maximum Gasteiger partial charge on any atom is 0.250 e. The molecule has 1 aromatic heterocycles. The molecule has 0 bridgehead atoms. The molecule has 0 aliphatic rings. The Morgan fingerprint density at radius 1 is 1.12 bits per heavy atom. The first-order chi connectivity index (χ1) is 7.65. The van der Waals surface area contributed by atoms with E-state index in [-0.39, 0.29) is 11.4 Å². The zero-order chi connectivity index (χ0) is 11.5. The van der Waals surface area contributed by atoms with Gasteiger partial charge in [-0.2, -0.15) is 0 Å². The molecule has 1 aromatic carbocycles. The maximum absolute atomic E-state index is 12.7. The van der Waals surface area contributed by atoms with Crippen molar-refractivity contribution in [1.29, 1.82) is 0 Å². The van der Waals surface area contributed by atoms with Gasteiger partial charge in [-0.25, -0.2) is 4.39 Å². The average Bonchev–Trinajstić information content (AvgIpc) is 2.27. The Bertz CT molecular complexity index is 548. The van der Waals surface area contributed by atoms with Crippen LogP contribution in [0.5, 0.6) is 0 Å². The number of rotatable bonds is 2. The Kier molecular flexibility index (Phi) is 3.19. The van der Waals surface area contributed by atoms with E-state index in [1.54, 1.807) is 29.0 Å². The molecular formula is C12H9BrFNO. The summed E-state index contributed by atoms with van der Waals surface area (Å²) in [6, 6.07) is 9.30. The predicted molar refractivity (Wildman–Crippen MR) is 63.9 cm³/mol. The smallest absolute Gasteiger partial charge is 0.250 e. The third kappa shape index (κ3) is 2.58. The first-order valence-corrected chi connectivity index (χ1v) is 5.55. The largest absolute Gasteiger partial charge is 0.310 e. The van der Waals surface area contributed by atoms with Crippen LogP contribution in [-0.2, 0) is 6.54 Å². The van der Waals surface area contributed by atoms with Gasteiger partial charge in [0.25, 0.3) is 5.56 Å². The van der Waals surface area contributed by atoms with Crippen LogP contribution >= 0.6 is 15.9 Å². The van der Waals surface area contributed by atoms with Crippen LogP contribution in [0.25, 0.3) is 0 Å². The highest BCUT2D eigenvalue weighted by Gasteiger charge is 1.99. The summed E-state index contributed by atoms with van der Waals surface area (Å²) >= 11 is 3.30. The lowest BCUT2D eigenvalue weighted by molar-refractivity contribution is 0.626. The molecule has 16 heavy (non-hydrogen) atoms. The molecule has 0 amide bonds. The van der Waals surface area contributed by atoms with Gasteiger partial charge in [0.05, 0.1) is 6.54 Å². The molecule has 2 rings (SSSR count). The molecule has 0 N–H and O–H groups in total. The lowest BCUT2D eigenvalue weighted by Crippen LogP contribution is -2.18. The van der Waals surface area contributed by atoms with Crippen LogP contribution < -0.4 is 5.56 Å². The van der Waals surface area contributed by atoms with Gasteiger partial charge in [0.15, 0.2) is 0 Å². The summed E-state index contributed by atoms with van der Waals surface area (Å²) in [5, 5.41) is 0. The van der Waals surface area contributed by atoms with Crippen LogP contribution in [-0.4, -0.2) is 4.57 Å². The summed E-state index contributed by atoms with van der Waals surface area (Å²) in [7, 11) is 0. The van der Waals surface area contributed by atoms with Crippen LogP contribution in [0.4, 0.5) is 4.39 Å². The van der Waals surface area contributed by atoms with Gasteiger partial charge in [0.2, 0.25) is 0 Å². The van der Waals surface area contributed by atoms with E-state index < -0.39 is 0 Å². The number of hydrogen-bond acceptors (Lipinski definition) is 1. The van der Waals surface area contributed by atoms with E-state index >= 15 is 0 Å². The SMILES string of the molecule is O=c1ccc(Br)cn1Cc1ccc(F)cc1. The fraction of sp³-hybridized carbons (Fsp3) is 0.0833. The van der Waals surface area contributed by atoms with Crippen LogP contribution in [0.3, 0.4) is 0 Å². The summed E-state index contributed by atoms with van der Waals surface area (Å²) < 4.78 is 15.1. The molecular weight excluding hydrogens is 273 g/mol. The Hall–Kier alpha value is -1.42. The highest BCUT2D eigenvalue weighted by Crippen LogP contribution is 2.08. The second kappa shape index (κ2) is 4.61. The van der Waals surface area contributed by atoms with Gasteiger partial charge < -0.3 is 4.57 Å². The highest BCUT2D eigenvalue weighted by molar-refractivity contribution is 9.10. The van der Waals surface area contributed by atoms with Crippen molar-refractivity contribution >= 4 is 15.9 Å². The normalized spacial score (nSPS) is 10.4. The van der Waals surface area contributed by atoms with Gasteiger partial charge in [-0.05, 0) is 39.7 Å². The maximum atomic E-state index is 12.7. The minimum absolute atomic E-state index is 0.0764. The Labute approximate surface area is 100 Å². The van der Waals surface area contributed by atoms with E-state index in [0.29, 0.717) is 6.54 Å². The van der Waals surface area contributed by atoms with Crippen LogP contribution in [0.2, 0.25) is 0 Å². The fourth-order valence-corrected chi connectivity index (χ4v) is 1.79. The topological polar surface area (TPSA) is 22.0 Å². The van der Waals surface area contributed by atoms with E-state index in [0.717, 1.165) is 10.0 Å². The number of benzene rings is 1. The molecule has 0 aliphatic heterocycles. The third-order valence-corrected chi connectivity index (χ3v) is 2.68. The van der Waals surface area contributed by atoms with Crippen LogP contribution in [0, 0.1) is 5.82 Å². The molecule has 0 fully saturated rings. The van der Waals surface area contributed by atoms with E-state index in [4.69, 9.17) is 0 Å². The van der Waals surface area contributed by atoms with Gasteiger partial charge in [0, 0.05) is 16.7 Å². The molecule has 2 aromatic rings. The Morgan fingerprint density at radius 2 is 1.81 bits per heavy atom. The molecule has 0 radical (unpaired) electrons. The van der Waals surface area contributed by atoms with Gasteiger partial charge in [-0.3, -0.25) is 4.79 Å². The lowest BCUT2D eigenvalue weighted by atomic mass is 10.2. The second-order valence-electron chi connectivity index (χ2n) is 3.44. The standard InChI is InChI=1S/C12H9BrFNO/c13-10-3-6-12(16)15(8-10)7-9-1-4-11(14)5-2-9/h1-6,8H,7H2. The van der Waals surface area contributed by atoms with Crippen LogP contribution in [0.1, 0.15) is 5.56 Å². The molecule has 2 nitrogen and oxygen atoms in total. The van der Waals surface area contributed by atoms with E-state index in [1.807, 2.05) is 0 Å². The van der Waals surface area contributed by atoms with Crippen LogP contribution in [0.15, 0.2) is 51.9 Å². The minimum atomic E-state index is -0.273. The molecule has 0 saturated heterocycles. The molecule has 82 valence electrons. The van der Waals surface area contributed by atoms with Crippen molar-refractivity contribution < 1.29 is 4.39 Å². The van der Waals surface area contributed by atoms with Crippen molar-refractivity contribution in [3.8, 4) is 0 Å². The number of aromatic nitrogens is 1. The first kappa shape index (κ1) is 11.1. The first-order valence-electron chi connectivity index (χ1n) is 4.75. The quantitative estimate of drug-likeness (QED) is 0.830. The number of pyridine rings is 1. The van der Waals surface area contributed by atoms with E-state index in [2.05, 4.69) is 15.9 Å². The van der Waals surface area contributed by atoms with E-state index in [1.165, 1.54) is 18.2 Å². The number of halogens is 2. The monoisotopic (exact) mass is 281 g/mol. The fourth-order valence-electron chi connectivity index (χ4n) is 1.41. The van der Waals surface area contributed by atoms with Crippen molar-refractivity contribution in [2.75, 3.05) is 0 Å². The Morgan fingerprint density at radius 3 is 2.50 bits per heavy atom. The molecule has 0 spiro atoms. The number of hydrogen-bond donors (Lipinski definition) is 0. The van der Waals surface area contributed by atoms with E-state index in [9.17, 15) is 9.18 Å². The lowest BCUT2D eigenvalue weighted by Gasteiger charge is -2.05.